The zero-order chi connectivity index (χ0) is 16.8. The Morgan fingerprint density at radius 1 is 1.23 bits per heavy atom. The van der Waals surface area contributed by atoms with E-state index in [9.17, 15) is 4.39 Å². The summed E-state index contributed by atoms with van der Waals surface area (Å²) in [5, 5.41) is 8.78. The van der Waals surface area contributed by atoms with Crippen molar-refractivity contribution in [3.05, 3.63) is 58.5 Å². The molecule has 122 valence electrons. The Kier molecular flexibility index (Phi) is 7.02. The molecule has 0 unspecified atom stereocenters. The van der Waals surface area contributed by atoms with E-state index in [4.69, 9.17) is 5.11 Å². The fourth-order valence-corrected chi connectivity index (χ4v) is 2.85. The van der Waals surface area contributed by atoms with Crippen LogP contribution < -0.4 is 0 Å². The van der Waals surface area contributed by atoms with E-state index >= 15 is 0 Å². The number of rotatable bonds is 5. The van der Waals surface area contributed by atoms with Gasteiger partial charge in [-0.15, -0.1) is 0 Å². The zero-order valence-electron chi connectivity index (χ0n) is 14.5. The van der Waals surface area contributed by atoms with Gasteiger partial charge in [0.15, 0.2) is 0 Å². The Hall–Kier alpha value is -1.41. The van der Waals surface area contributed by atoms with E-state index < -0.39 is 0 Å². The highest BCUT2D eigenvalue weighted by atomic mass is 19.1. The van der Waals surface area contributed by atoms with Crippen molar-refractivity contribution >= 4 is 0 Å². The molecule has 0 spiro atoms. The predicted octanol–water partition coefficient (Wildman–Crippen LogP) is 5.81. The molecule has 1 N–H and O–H groups in total. The van der Waals surface area contributed by atoms with E-state index in [0.717, 1.165) is 12.0 Å². The van der Waals surface area contributed by atoms with E-state index in [0.29, 0.717) is 5.57 Å². The summed E-state index contributed by atoms with van der Waals surface area (Å²) in [6.45, 7) is 10.3. The highest BCUT2D eigenvalue weighted by Crippen LogP contribution is 2.40. The Morgan fingerprint density at radius 2 is 1.91 bits per heavy atom. The summed E-state index contributed by atoms with van der Waals surface area (Å²) < 4.78 is 14.1. The maximum Gasteiger partial charge on any atom is 0.126 e. The van der Waals surface area contributed by atoms with Crippen molar-refractivity contribution in [2.24, 2.45) is 5.41 Å². The van der Waals surface area contributed by atoms with Gasteiger partial charge in [0.2, 0.25) is 0 Å². The molecule has 2 heteroatoms. The zero-order valence-corrected chi connectivity index (χ0v) is 14.5. The monoisotopic (exact) mass is 304 g/mol. The molecule has 0 aliphatic heterocycles. The summed E-state index contributed by atoms with van der Waals surface area (Å²) in [5.41, 5.74) is 4.40. The molecule has 0 aromatic rings. The predicted molar refractivity (Wildman–Crippen MR) is 93.3 cm³/mol. The Morgan fingerprint density at radius 3 is 2.50 bits per heavy atom. The van der Waals surface area contributed by atoms with E-state index in [2.05, 4.69) is 26.8 Å². The smallest absolute Gasteiger partial charge is 0.126 e. The first-order valence-electron chi connectivity index (χ1n) is 7.98. The molecular weight excluding hydrogens is 275 g/mol. The minimum absolute atomic E-state index is 0.0249. The maximum atomic E-state index is 14.1. The first kappa shape index (κ1) is 18.6. The van der Waals surface area contributed by atoms with Crippen LogP contribution in [0.5, 0.6) is 0 Å². The SMILES string of the molecule is CC1=C(/C=C/C(C)=C(F)/C=C/C(C)=C/CO)C(C)(C)CCC1. The molecule has 0 aromatic heterocycles. The first-order chi connectivity index (χ1) is 10.3. The second-order valence-corrected chi connectivity index (χ2v) is 6.76. The van der Waals surface area contributed by atoms with Crippen LogP contribution in [0.25, 0.3) is 0 Å². The fourth-order valence-electron chi connectivity index (χ4n) is 2.85. The van der Waals surface area contributed by atoms with Crippen LogP contribution in [0, 0.1) is 5.41 Å². The number of hydrogen-bond acceptors (Lipinski definition) is 1. The van der Waals surface area contributed by atoms with Gasteiger partial charge in [-0.05, 0) is 62.7 Å². The topological polar surface area (TPSA) is 20.2 Å². The van der Waals surface area contributed by atoms with Crippen LogP contribution >= 0.6 is 0 Å². The van der Waals surface area contributed by atoms with Gasteiger partial charge in [0.1, 0.15) is 5.83 Å². The van der Waals surface area contributed by atoms with Gasteiger partial charge in [0, 0.05) is 0 Å². The summed E-state index contributed by atoms with van der Waals surface area (Å²) in [6.07, 6.45) is 12.3. The molecule has 1 nitrogen and oxygen atoms in total. The highest BCUT2D eigenvalue weighted by molar-refractivity contribution is 5.38. The molecule has 0 atom stereocenters. The molecule has 0 amide bonds. The lowest BCUT2D eigenvalue weighted by Gasteiger charge is -2.32. The van der Waals surface area contributed by atoms with Gasteiger partial charge in [0.25, 0.3) is 0 Å². The first-order valence-corrected chi connectivity index (χ1v) is 7.98. The third kappa shape index (κ3) is 5.42. The number of aliphatic hydroxyl groups is 1. The van der Waals surface area contributed by atoms with Crippen molar-refractivity contribution in [2.75, 3.05) is 6.61 Å². The fraction of sp³-hybridized carbons (Fsp3) is 0.500. The van der Waals surface area contributed by atoms with Gasteiger partial charge in [-0.25, -0.2) is 4.39 Å². The van der Waals surface area contributed by atoms with Gasteiger partial charge in [-0.3, -0.25) is 0 Å². The summed E-state index contributed by atoms with van der Waals surface area (Å²) >= 11 is 0. The van der Waals surface area contributed by atoms with Crippen LogP contribution in [0.2, 0.25) is 0 Å². The summed E-state index contributed by atoms with van der Waals surface area (Å²) in [4.78, 5) is 0. The van der Waals surface area contributed by atoms with Gasteiger partial charge >= 0.3 is 0 Å². The minimum Gasteiger partial charge on any atom is -0.392 e. The van der Waals surface area contributed by atoms with Crippen LogP contribution in [0.3, 0.4) is 0 Å². The molecule has 0 aromatic carbocycles. The molecule has 22 heavy (non-hydrogen) atoms. The van der Waals surface area contributed by atoms with Crippen LogP contribution in [0.15, 0.2) is 58.5 Å². The van der Waals surface area contributed by atoms with Gasteiger partial charge < -0.3 is 5.11 Å². The molecule has 0 saturated heterocycles. The summed E-state index contributed by atoms with van der Waals surface area (Å²) in [6, 6.07) is 0. The van der Waals surface area contributed by atoms with E-state index in [-0.39, 0.29) is 17.8 Å². The molecular formula is C20H29FO. The quantitative estimate of drug-likeness (QED) is 0.636. The largest absolute Gasteiger partial charge is 0.392 e. The number of halogens is 1. The molecule has 0 bridgehead atoms. The minimum atomic E-state index is -0.242. The van der Waals surface area contributed by atoms with E-state index in [1.54, 1.807) is 19.1 Å². The van der Waals surface area contributed by atoms with Gasteiger partial charge in [-0.2, -0.15) is 0 Å². The van der Waals surface area contributed by atoms with Crippen LogP contribution in [0.4, 0.5) is 4.39 Å². The number of hydrogen-bond donors (Lipinski definition) is 1. The third-order valence-corrected chi connectivity index (χ3v) is 4.32. The molecule has 0 saturated carbocycles. The van der Waals surface area contributed by atoms with Gasteiger partial charge in [-0.1, -0.05) is 49.3 Å². The Bertz CT molecular complexity index is 542. The lowest BCUT2D eigenvalue weighted by atomic mass is 9.72. The van der Waals surface area contributed by atoms with E-state index in [1.165, 1.54) is 30.1 Å². The average Bonchev–Trinajstić information content (AvgIpc) is 2.43. The lowest BCUT2D eigenvalue weighted by Crippen LogP contribution is -2.19. The van der Waals surface area contributed by atoms with Crippen molar-refractivity contribution in [1.29, 1.82) is 0 Å². The highest BCUT2D eigenvalue weighted by Gasteiger charge is 2.26. The van der Waals surface area contributed by atoms with Crippen molar-refractivity contribution < 1.29 is 9.50 Å². The number of aliphatic hydroxyl groups excluding tert-OH is 1. The van der Waals surface area contributed by atoms with Crippen molar-refractivity contribution in [1.82, 2.24) is 0 Å². The summed E-state index contributed by atoms with van der Waals surface area (Å²) in [7, 11) is 0. The second kappa shape index (κ2) is 8.28. The molecule has 0 heterocycles. The normalized spacial score (nSPS) is 21.0. The molecule has 0 radical (unpaired) electrons. The van der Waals surface area contributed by atoms with Crippen LogP contribution in [0.1, 0.15) is 53.9 Å². The van der Waals surface area contributed by atoms with Crippen LogP contribution in [-0.2, 0) is 0 Å². The van der Waals surface area contributed by atoms with E-state index in [1.807, 2.05) is 13.0 Å². The van der Waals surface area contributed by atoms with Crippen LogP contribution in [-0.4, -0.2) is 11.7 Å². The molecule has 1 aliphatic carbocycles. The molecule has 1 rings (SSSR count). The van der Waals surface area contributed by atoms with Crippen molar-refractivity contribution in [3.63, 3.8) is 0 Å². The maximum absolute atomic E-state index is 14.1. The Labute approximate surface area is 134 Å². The molecule has 1 aliphatic rings. The lowest BCUT2D eigenvalue weighted by molar-refractivity contribution is 0.342. The number of allylic oxidation sites excluding steroid dienone is 9. The standard InChI is InChI=1S/C20H29FO/c1-15(12-14-22)8-11-19(21)17(3)9-10-18-16(2)7-6-13-20(18,4)5/h8-12,22H,6-7,13-14H2,1-5H3/b10-9+,11-8+,15-12+,19-17-. The second-order valence-electron chi connectivity index (χ2n) is 6.76. The average molecular weight is 304 g/mol. The van der Waals surface area contributed by atoms with Gasteiger partial charge in [0.05, 0.1) is 6.61 Å². The molecule has 0 fully saturated rings. The Balaban J connectivity index is 2.92. The summed E-state index contributed by atoms with van der Waals surface area (Å²) in [5.74, 6) is -0.242. The van der Waals surface area contributed by atoms with Crippen molar-refractivity contribution in [3.8, 4) is 0 Å². The third-order valence-electron chi connectivity index (χ3n) is 4.32. The van der Waals surface area contributed by atoms with Crippen molar-refractivity contribution in [2.45, 2.75) is 53.9 Å².